The first-order valence-electron chi connectivity index (χ1n) is 8.79. The first-order chi connectivity index (χ1) is 11.1. The molecule has 1 fully saturated rings. The van der Waals surface area contributed by atoms with Crippen LogP contribution in [-0.4, -0.2) is 25.2 Å². The molecule has 1 aromatic carbocycles. The number of benzene rings is 1. The van der Waals surface area contributed by atoms with E-state index in [-0.39, 0.29) is 30.3 Å². The summed E-state index contributed by atoms with van der Waals surface area (Å²) in [7, 11) is 0. The van der Waals surface area contributed by atoms with Crippen LogP contribution in [-0.2, 0) is 9.53 Å². The molecule has 0 aromatic heterocycles. The molecule has 0 spiro atoms. The van der Waals surface area contributed by atoms with Gasteiger partial charge < -0.3 is 15.8 Å². The highest BCUT2D eigenvalue weighted by Gasteiger charge is 2.23. The molecule has 1 aliphatic rings. The van der Waals surface area contributed by atoms with Crippen LogP contribution in [0.5, 0.6) is 0 Å². The Kier molecular flexibility index (Phi) is 9.34. The third-order valence-corrected chi connectivity index (χ3v) is 4.90. The third kappa shape index (κ3) is 6.08. The number of rotatable bonds is 7. The average molecular weight is 355 g/mol. The predicted octanol–water partition coefficient (Wildman–Crippen LogP) is 3.46. The summed E-state index contributed by atoms with van der Waals surface area (Å²) < 4.78 is 5.92. The van der Waals surface area contributed by atoms with Crippen molar-refractivity contribution >= 4 is 18.3 Å². The summed E-state index contributed by atoms with van der Waals surface area (Å²) in [5.41, 5.74) is 7.18. The van der Waals surface area contributed by atoms with Crippen LogP contribution in [0.3, 0.4) is 0 Å². The maximum absolute atomic E-state index is 12.2. The first kappa shape index (κ1) is 20.9. The van der Waals surface area contributed by atoms with E-state index in [4.69, 9.17) is 10.5 Å². The lowest BCUT2D eigenvalue weighted by Crippen LogP contribution is -2.38. The molecule has 1 aliphatic carbocycles. The van der Waals surface area contributed by atoms with E-state index in [0.29, 0.717) is 25.2 Å². The Balaban J connectivity index is 0.00000288. The fraction of sp³-hybridized carbons (Fsp3) is 0.632. The highest BCUT2D eigenvalue weighted by atomic mass is 35.5. The third-order valence-electron chi connectivity index (χ3n) is 4.90. The van der Waals surface area contributed by atoms with Crippen LogP contribution >= 0.6 is 12.4 Å². The number of nitrogens with one attached hydrogen (secondary N) is 1. The van der Waals surface area contributed by atoms with Crippen molar-refractivity contribution in [2.24, 2.45) is 17.6 Å². The van der Waals surface area contributed by atoms with Crippen LogP contribution in [0.15, 0.2) is 30.3 Å². The Hall–Kier alpha value is -1.10. The standard InChI is InChI=1S/C19H30N2O2.ClH/c1-14-8-6-7-11-17(14)23-13-12-21-19(22)15(2)18(20)16-9-4-3-5-10-16;/h3-5,9-10,14-15,17-18H,6-8,11-13,20H2,1-2H3,(H,21,22);1H. The van der Waals surface area contributed by atoms with Crippen LogP contribution in [0, 0.1) is 11.8 Å². The topological polar surface area (TPSA) is 64.3 Å². The van der Waals surface area contributed by atoms with Gasteiger partial charge in [-0.1, -0.05) is 57.0 Å². The Bertz CT molecular complexity index is 484. The molecule has 0 aliphatic heterocycles. The molecule has 4 atom stereocenters. The quantitative estimate of drug-likeness (QED) is 0.737. The lowest BCUT2D eigenvalue weighted by Gasteiger charge is -2.28. The second-order valence-corrected chi connectivity index (χ2v) is 6.69. The summed E-state index contributed by atoms with van der Waals surface area (Å²) in [6, 6.07) is 9.47. The summed E-state index contributed by atoms with van der Waals surface area (Å²) in [5, 5.41) is 2.94. The minimum Gasteiger partial charge on any atom is -0.376 e. The number of nitrogens with two attached hydrogens (primary N) is 1. The molecule has 1 amide bonds. The summed E-state index contributed by atoms with van der Waals surface area (Å²) in [5.74, 6) is 0.359. The van der Waals surface area contributed by atoms with E-state index in [2.05, 4.69) is 12.2 Å². The summed E-state index contributed by atoms with van der Waals surface area (Å²) in [6.45, 7) is 5.25. The summed E-state index contributed by atoms with van der Waals surface area (Å²) >= 11 is 0. The van der Waals surface area contributed by atoms with E-state index in [0.717, 1.165) is 12.0 Å². The Morgan fingerprint density at radius 3 is 2.62 bits per heavy atom. The van der Waals surface area contributed by atoms with Crippen molar-refractivity contribution in [1.29, 1.82) is 0 Å². The Morgan fingerprint density at radius 1 is 1.29 bits per heavy atom. The monoisotopic (exact) mass is 354 g/mol. The largest absolute Gasteiger partial charge is 0.376 e. The maximum atomic E-state index is 12.2. The van der Waals surface area contributed by atoms with Crippen molar-refractivity contribution in [3.8, 4) is 0 Å². The second-order valence-electron chi connectivity index (χ2n) is 6.69. The molecular formula is C19H31ClN2O2. The SMILES string of the molecule is CC1CCCCC1OCCNC(=O)C(C)C(N)c1ccccc1.Cl. The molecule has 24 heavy (non-hydrogen) atoms. The van der Waals surface area contributed by atoms with Gasteiger partial charge in [0.2, 0.25) is 5.91 Å². The van der Waals surface area contributed by atoms with E-state index in [1.54, 1.807) is 0 Å². The maximum Gasteiger partial charge on any atom is 0.224 e. The number of amides is 1. The van der Waals surface area contributed by atoms with Gasteiger partial charge in [-0.15, -0.1) is 12.4 Å². The number of hydrogen-bond acceptors (Lipinski definition) is 3. The average Bonchev–Trinajstić information content (AvgIpc) is 2.59. The number of ether oxygens (including phenoxy) is 1. The van der Waals surface area contributed by atoms with Crippen molar-refractivity contribution in [2.75, 3.05) is 13.2 Å². The number of halogens is 1. The lowest BCUT2D eigenvalue weighted by molar-refractivity contribution is -0.125. The minimum absolute atomic E-state index is 0. The zero-order chi connectivity index (χ0) is 16.7. The molecule has 0 bridgehead atoms. The molecule has 0 radical (unpaired) electrons. The van der Waals surface area contributed by atoms with E-state index in [1.807, 2.05) is 37.3 Å². The molecule has 4 unspecified atom stereocenters. The number of carbonyl (C=O) groups is 1. The predicted molar refractivity (Wildman–Crippen MR) is 100 cm³/mol. The molecule has 1 saturated carbocycles. The first-order valence-corrected chi connectivity index (χ1v) is 8.79. The van der Waals surface area contributed by atoms with Gasteiger partial charge in [-0.3, -0.25) is 4.79 Å². The highest BCUT2D eigenvalue weighted by Crippen LogP contribution is 2.26. The number of carbonyl (C=O) groups excluding carboxylic acids is 1. The van der Waals surface area contributed by atoms with Crippen molar-refractivity contribution in [3.05, 3.63) is 35.9 Å². The summed E-state index contributed by atoms with van der Waals surface area (Å²) in [4.78, 5) is 12.2. The van der Waals surface area contributed by atoms with Gasteiger partial charge in [0.15, 0.2) is 0 Å². The van der Waals surface area contributed by atoms with Crippen LogP contribution in [0.25, 0.3) is 0 Å². The van der Waals surface area contributed by atoms with Crippen molar-refractivity contribution < 1.29 is 9.53 Å². The zero-order valence-corrected chi connectivity index (χ0v) is 15.6. The van der Waals surface area contributed by atoms with Gasteiger partial charge in [-0.2, -0.15) is 0 Å². The zero-order valence-electron chi connectivity index (χ0n) is 14.7. The van der Waals surface area contributed by atoms with Crippen molar-refractivity contribution in [2.45, 2.75) is 51.7 Å². The fourth-order valence-electron chi connectivity index (χ4n) is 3.20. The molecule has 1 aromatic rings. The molecule has 0 heterocycles. The van der Waals surface area contributed by atoms with Gasteiger partial charge in [0.25, 0.3) is 0 Å². The van der Waals surface area contributed by atoms with E-state index in [1.165, 1.54) is 19.3 Å². The van der Waals surface area contributed by atoms with Gasteiger partial charge in [0, 0.05) is 12.6 Å². The second kappa shape index (κ2) is 10.7. The van der Waals surface area contributed by atoms with Gasteiger partial charge in [0.05, 0.1) is 18.6 Å². The smallest absolute Gasteiger partial charge is 0.224 e. The van der Waals surface area contributed by atoms with Crippen LogP contribution in [0.4, 0.5) is 0 Å². The van der Waals surface area contributed by atoms with E-state index >= 15 is 0 Å². The van der Waals surface area contributed by atoms with Gasteiger partial charge in [-0.05, 0) is 24.3 Å². The van der Waals surface area contributed by atoms with Gasteiger partial charge in [0.1, 0.15) is 0 Å². The molecular weight excluding hydrogens is 324 g/mol. The highest BCUT2D eigenvalue weighted by molar-refractivity contribution is 5.85. The molecule has 4 nitrogen and oxygen atoms in total. The van der Waals surface area contributed by atoms with Gasteiger partial charge >= 0.3 is 0 Å². The molecule has 5 heteroatoms. The molecule has 2 rings (SSSR count). The van der Waals surface area contributed by atoms with E-state index in [9.17, 15) is 4.79 Å². The molecule has 3 N–H and O–H groups in total. The number of hydrogen-bond donors (Lipinski definition) is 2. The Labute approximate surface area is 151 Å². The lowest BCUT2D eigenvalue weighted by atomic mass is 9.88. The van der Waals surface area contributed by atoms with Crippen molar-refractivity contribution in [1.82, 2.24) is 5.32 Å². The fourth-order valence-corrected chi connectivity index (χ4v) is 3.20. The molecule has 0 saturated heterocycles. The molecule has 136 valence electrons. The van der Waals surface area contributed by atoms with E-state index < -0.39 is 0 Å². The summed E-state index contributed by atoms with van der Waals surface area (Å²) in [6.07, 6.45) is 5.31. The normalized spacial score (nSPS) is 23.0. The van der Waals surface area contributed by atoms with Crippen LogP contribution < -0.4 is 11.1 Å². The Morgan fingerprint density at radius 2 is 1.96 bits per heavy atom. The van der Waals surface area contributed by atoms with Crippen LogP contribution in [0.1, 0.15) is 51.1 Å². The van der Waals surface area contributed by atoms with Gasteiger partial charge in [-0.25, -0.2) is 0 Å². The van der Waals surface area contributed by atoms with Crippen LogP contribution in [0.2, 0.25) is 0 Å². The van der Waals surface area contributed by atoms with Crippen molar-refractivity contribution in [3.63, 3.8) is 0 Å². The minimum atomic E-state index is -0.282.